The van der Waals surface area contributed by atoms with Gasteiger partial charge in [-0.2, -0.15) is 10.2 Å². The zero-order chi connectivity index (χ0) is 27.9. The van der Waals surface area contributed by atoms with Crippen LogP contribution in [0.25, 0.3) is 0 Å². The minimum atomic E-state index is -0.758. The van der Waals surface area contributed by atoms with E-state index in [9.17, 15) is 9.59 Å². The van der Waals surface area contributed by atoms with E-state index in [1.807, 2.05) is 0 Å². The first-order chi connectivity index (χ1) is 18.7. The van der Waals surface area contributed by atoms with E-state index in [4.69, 9.17) is 47.6 Å². The first kappa shape index (κ1) is 28.4. The Hall–Kier alpha value is -3.64. The van der Waals surface area contributed by atoms with Gasteiger partial charge in [-0.25, -0.2) is 0 Å². The van der Waals surface area contributed by atoms with Crippen LogP contribution in [0.5, 0.6) is 0 Å². The van der Waals surface area contributed by atoms with E-state index in [-0.39, 0.29) is 27.8 Å². The second-order valence-corrected chi connectivity index (χ2v) is 10.2. The van der Waals surface area contributed by atoms with Gasteiger partial charge in [-0.05, 0) is 79.9 Å². The predicted octanol–water partition coefficient (Wildman–Crippen LogP) is 4.72. The highest BCUT2D eigenvalue weighted by molar-refractivity contribution is 7.80. The summed E-state index contributed by atoms with van der Waals surface area (Å²) in [6, 6.07) is 13.2. The molecule has 4 rings (SSSR count). The van der Waals surface area contributed by atoms with Gasteiger partial charge in [0.2, 0.25) is 11.8 Å². The molecule has 0 bridgehead atoms. The minimum Gasteiger partial charge on any atom is -0.331 e. The molecule has 1 aliphatic heterocycles. The molecule has 1 saturated heterocycles. The number of fused-ring (bicyclic) bond motifs is 1. The number of imide groups is 1. The highest BCUT2D eigenvalue weighted by Gasteiger charge is 2.48. The van der Waals surface area contributed by atoms with Crippen LogP contribution in [-0.4, -0.2) is 44.9 Å². The quantitative estimate of drug-likeness (QED) is 0.157. The summed E-state index contributed by atoms with van der Waals surface area (Å²) in [7, 11) is 0. The molecule has 39 heavy (non-hydrogen) atoms. The number of thiocarbonyl (C=S) groups is 2. The number of nitrogens with zero attached hydrogens (tertiary/aromatic N) is 3. The van der Waals surface area contributed by atoms with Crippen molar-refractivity contribution in [2.24, 2.45) is 22.0 Å². The zero-order valence-corrected chi connectivity index (χ0v) is 23.6. The van der Waals surface area contributed by atoms with Crippen LogP contribution < -0.4 is 21.5 Å². The SMILES string of the molecule is CC(C(/C=N\NC(=S)Nc1ccc(Cl)cc1)=N\NC(=S)Nc1ccc(Cl)cc1)N1C(=O)C2C=CC=CC2C1=O. The van der Waals surface area contributed by atoms with Gasteiger partial charge in [0.15, 0.2) is 10.2 Å². The summed E-state index contributed by atoms with van der Waals surface area (Å²) in [5.41, 5.74) is 7.11. The third-order valence-electron chi connectivity index (χ3n) is 5.85. The molecule has 2 aromatic rings. The summed E-state index contributed by atoms with van der Waals surface area (Å²) in [5, 5.41) is 16.0. The number of rotatable bonds is 7. The number of halogens is 2. The molecule has 1 heterocycles. The van der Waals surface area contributed by atoms with E-state index in [0.717, 1.165) is 0 Å². The van der Waals surface area contributed by atoms with Crippen LogP contribution in [-0.2, 0) is 9.59 Å². The normalized spacial score (nSPS) is 19.2. The van der Waals surface area contributed by atoms with E-state index >= 15 is 0 Å². The molecule has 4 N–H and O–H groups in total. The van der Waals surface area contributed by atoms with E-state index < -0.39 is 17.9 Å². The first-order valence-electron chi connectivity index (χ1n) is 11.7. The molecule has 0 saturated carbocycles. The number of hydrazone groups is 2. The molecule has 3 atom stereocenters. The van der Waals surface area contributed by atoms with Crippen LogP contribution in [0.3, 0.4) is 0 Å². The third kappa shape index (κ3) is 7.27. The van der Waals surface area contributed by atoms with Gasteiger partial charge >= 0.3 is 0 Å². The number of hydrogen-bond donors (Lipinski definition) is 4. The number of hydrogen-bond acceptors (Lipinski definition) is 6. The molecule has 0 radical (unpaired) electrons. The number of allylic oxidation sites excluding steroid dienone is 2. The third-order valence-corrected chi connectivity index (χ3v) is 6.74. The molecule has 9 nitrogen and oxygen atoms in total. The van der Waals surface area contributed by atoms with Crippen LogP contribution in [0.15, 0.2) is 83.0 Å². The van der Waals surface area contributed by atoms with Crippen molar-refractivity contribution in [3.05, 3.63) is 82.9 Å². The summed E-state index contributed by atoms with van der Waals surface area (Å²) in [4.78, 5) is 27.4. The van der Waals surface area contributed by atoms with Crippen molar-refractivity contribution in [2.45, 2.75) is 13.0 Å². The summed E-state index contributed by atoms with van der Waals surface area (Å²) in [6.07, 6.45) is 8.35. The first-order valence-corrected chi connectivity index (χ1v) is 13.3. The second kappa shape index (κ2) is 12.9. The van der Waals surface area contributed by atoms with Crippen molar-refractivity contribution < 1.29 is 9.59 Å². The van der Waals surface area contributed by atoms with Gasteiger partial charge in [0.25, 0.3) is 0 Å². The summed E-state index contributed by atoms with van der Waals surface area (Å²) >= 11 is 22.5. The largest absolute Gasteiger partial charge is 0.331 e. The Labute approximate surface area is 246 Å². The van der Waals surface area contributed by atoms with Crippen LogP contribution in [0.1, 0.15) is 6.92 Å². The molecular formula is C26H23Cl2N7O2S2. The van der Waals surface area contributed by atoms with Crippen molar-refractivity contribution in [1.82, 2.24) is 15.8 Å². The number of carbonyl (C=O) groups is 2. The lowest BCUT2D eigenvalue weighted by atomic mass is 9.91. The maximum Gasteiger partial charge on any atom is 0.237 e. The average Bonchev–Trinajstić information content (AvgIpc) is 3.18. The van der Waals surface area contributed by atoms with Crippen LogP contribution in [0.2, 0.25) is 10.0 Å². The maximum absolute atomic E-state index is 13.1. The summed E-state index contributed by atoms with van der Waals surface area (Å²) in [5.74, 6) is -1.71. The molecule has 3 unspecified atom stereocenters. The van der Waals surface area contributed by atoms with Crippen molar-refractivity contribution in [1.29, 1.82) is 0 Å². The van der Waals surface area contributed by atoms with E-state index in [0.29, 0.717) is 21.4 Å². The second-order valence-electron chi connectivity index (χ2n) is 8.48. The number of benzene rings is 2. The van der Waals surface area contributed by atoms with Gasteiger partial charge in [0.1, 0.15) is 5.71 Å². The Balaban J connectivity index is 1.49. The van der Waals surface area contributed by atoms with Gasteiger partial charge in [-0.3, -0.25) is 25.3 Å². The standard InChI is InChI=1S/C26H23Cl2N7O2S2/c1-15(35-23(36)20-4-2-3-5-21(20)24(35)37)22(32-34-26(39)31-19-12-8-17(28)9-13-19)14-29-33-25(38)30-18-10-6-16(27)7-11-18/h2-15,20-21H,1H3,(H2,30,33,38)(H2,31,34,39)/b29-14-,32-22-. The molecule has 2 aliphatic rings. The average molecular weight is 601 g/mol. The fourth-order valence-electron chi connectivity index (χ4n) is 3.91. The molecule has 0 aromatic heterocycles. The highest BCUT2D eigenvalue weighted by Crippen LogP contribution is 2.32. The minimum absolute atomic E-state index is 0.182. The molecule has 13 heteroatoms. The number of likely N-dealkylation sites (tertiary alicyclic amines) is 1. The number of anilines is 2. The monoisotopic (exact) mass is 599 g/mol. The molecule has 200 valence electrons. The molecular weight excluding hydrogens is 577 g/mol. The molecule has 2 aromatic carbocycles. The lowest BCUT2D eigenvalue weighted by molar-refractivity contribution is -0.140. The number of carbonyl (C=O) groups excluding carboxylic acids is 2. The fraction of sp³-hybridized carbons (Fsp3) is 0.154. The van der Waals surface area contributed by atoms with Crippen LogP contribution in [0, 0.1) is 11.8 Å². The Kier molecular flexibility index (Phi) is 9.41. The molecule has 2 amide bonds. The van der Waals surface area contributed by atoms with Gasteiger partial charge in [0.05, 0.1) is 24.1 Å². The Morgan fingerprint density at radius 2 is 1.31 bits per heavy atom. The fourth-order valence-corrected chi connectivity index (χ4v) is 4.50. The lowest BCUT2D eigenvalue weighted by Gasteiger charge is -2.23. The van der Waals surface area contributed by atoms with Crippen LogP contribution in [0.4, 0.5) is 11.4 Å². The maximum atomic E-state index is 13.1. The van der Waals surface area contributed by atoms with Crippen LogP contribution >= 0.6 is 47.6 Å². The van der Waals surface area contributed by atoms with Crippen molar-refractivity contribution in [3.8, 4) is 0 Å². The van der Waals surface area contributed by atoms with Gasteiger partial charge < -0.3 is 10.6 Å². The predicted molar refractivity (Wildman–Crippen MR) is 164 cm³/mol. The van der Waals surface area contributed by atoms with E-state index in [1.165, 1.54) is 11.1 Å². The van der Waals surface area contributed by atoms with Crippen molar-refractivity contribution >= 4 is 93.0 Å². The van der Waals surface area contributed by atoms with Gasteiger partial charge in [0, 0.05) is 21.4 Å². The zero-order valence-electron chi connectivity index (χ0n) is 20.5. The van der Waals surface area contributed by atoms with E-state index in [1.54, 1.807) is 79.8 Å². The highest BCUT2D eigenvalue weighted by atomic mass is 35.5. The molecule has 1 aliphatic carbocycles. The smallest absolute Gasteiger partial charge is 0.237 e. The topological polar surface area (TPSA) is 110 Å². The Morgan fingerprint density at radius 3 is 1.79 bits per heavy atom. The number of amides is 2. The summed E-state index contributed by atoms with van der Waals surface area (Å²) < 4.78 is 0. The Morgan fingerprint density at radius 1 is 0.846 bits per heavy atom. The lowest BCUT2D eigenvalue weighted by Crippen LogP contribution is -2.45. The van der Waals surface area contributed by atoms with E-state index in [2.05, 4.69) is 31.7 Å². The van der Waals surface area contributed by atoms with Crippen molar-refractivity contribution in [2.75, 3.05) is 10.6 Å². The van der Waals surface area contributed by atoms with Gasteiger partial charge in [-0.15, -0.1) is 0 Å². The van der Waals surface area contributed by atoms with Crippen molar-refractivity contribution in [3.63, 3.8) is 0 Å². The number of nitrogens with one attached hydrogen (secondary N) is 4. The summed E-state index contributed by atoms with van der Waals surface area (Å²) in [6.45, 7) is 1.69. The molecule has 1 fully saturated rings. The Bertz CT molecular complexity index is 1360. The van der Waals surface area contributed by atoms with Gasteiger partial charge in [-0.1, -0.05) is 47.5 Å². The molecule has 0 spiro atoms.